The summed E-state index contributed by atoms with van der Waals surface area (Å²) in [5.74, 6) is 3.85. The number of unbranched alkanes of at least 4 members (excludes halogenated alkanes) is 2. The molecule has 0 bridgehead atoms. The third-order valence-corrected chi connectivity index (χ3v) is 7.97. The van der Waals surface area contributed by atoms with E-state index in [1.54, 1.807) is 5.56 Å². The molecule has 0 heterocycles. The highest BCUT2D eigenvalue weighted by atomic mass is 14.4. The van der Waals surface area contributed by atoms with E-state index in [4.69, 9.17) is 0 Å². The van der Waals surface area contributed by atoms with Crippen molar-refractivity contribution >= 4 is 10.8 Å². The van der Waals surface area contributed by atoms with Gasteiger partial charge >= 0.3 is 0 Å². The van der Waals surface area contributed by atoms with Crippen LogP contribution < -0.4 is 0 Å². The lowest BCUT2D eigenvalue weighted by Crippen LogP contribution is -2.30. The fraction of sp³-hybridized carbons (Fsp3) is 0.586. The molecule has 0 amide bonds. The zero-order valence-electron chi connectivity index (χ0n) is 18.5. The molecule has 2 aliphatic carbocycles. The zero-order chi connectivity index (χ0) is 20.1. The summed E-state index contributed by atoms with van der Waals surface area (Å²) in [7, 11) is 0. The Bertz CT molecular complexity index is 801. The molecule has 0 heteroatoms. The molecule has 2 aromatic rings. The van der Waals surface area contributed by atoms with Crippen molar-refractivity contribution in [1.29, 1.82) is 0 Å². The molecule has 156 valence electrons. The molecule has 0 N–H and O–H groups in total. The van der Waals surface area contributed by atoms with Gasteiger partial charge in [-0.05, 0) is 90.5 Å². The normalized spacial score (nSPS) is 26.9. The van der Waals surface area contributed by atoms with E-state index >= 15 is 0 Å². The molecular formula is C29H40. The first kappa shape index (κ1) is 20.7. The van der Waals surface area contributed by atoms with Crippen molar-refractivity contribution in [1.82, 2.24) is 0 Å². The van der Waals surface area contributed by atoms with E-state index in [1.165, 1.54) is 80.5 Å². The minimum absolute atomic E-state index is 0.790. The molecule has 0 aromatic heterocycles. The second-order valence-electron chi connectivity index (χ2n) is 9.97. The average Bonchev–Trinajstić information content (AvgIpc) is 2.77. The van der Waals surface area contributed by atoms with Crippen LogP contribution in [0.3, 0.4) is 0 Å². The summed E-state index contributed by atoms with van der Waals surface area (Å²) >= 11 is 0. The van der Waals surface area contributed by atoms with Gasteiger partial charge < -0.3 is 0 Å². The highest BCUT2D eigenvalue weighted by molar-refractivity contribution is 5.84. The number of fused-ring (bicyclic) bond motifs is 2. The predicted molar refractivity (Wildman–Crippen MR) is 128 cm³/mol. The van der Waals surface area contributed by atoms with E-state index < -0.39 is 0 Å². The third-order valence-electron chi connectivity index (χ3n) is 7.97. The number of benzene rings is 2. The van der Waals surface area contributed by atoms with Gasteiger partial charge in [-0.25, -0.2) is 0 Å². The molecule has 29 heavy (non-hydrogen) atoms. The van der Waals surface area contributed by atoms with Crippen LogP contribution in [0, 0.1) is 17.8 Å². The maximum absolute atomic E-state index is 3.85. The second kappa shape index (κ2) is 9.96. The van der Waals surface area contributed by atoms with Gasteiger partial charge in [0.1, 0.15) is 0 Å². The van der Waals surface area contributed by atoms with Crippen LogP contribution in [0.1, 0.15) is 94.6 Å². The van der Waals surface area contributed by atoms with E-state index in [-0.39, 0.29) is 0 Å². The Labute approximate surface area is 178 Å². The first-order valence-electron chi connectivity index (χ1n) is 12.4. The van der Waals surface area contributed by atoms with Gasteiger partial charge in [0.2, 0.25) is 0 Å². The van der Waals surface area contributed by atoms with Gasteiger partial charge in [0.05, 0.1) is 0 Å². The molecule has 4 rings (SSSR count). The van der Waals surface area contributed by atoms with E-state index in [0.717, 1.165) is 36.5 Å². The van der Waals surface area contributed by atoms with E-state index in [2.05, 4.69) is 49.9 Å². The maximum Gasteiger partial charge on any atom is -0.0159 e. The molecule has 0 spiro atoms. The first-order chi connectivity index (χ1) is 14.3. The van der Waals surface area contributed by atoms with Crippen LogP contribution in [0.25, 0.3) is 10.8 Å². The molecule has 2 saturated carbocycles. The van der Waals surface area contributed by atoms with Crippen LogP contribution in [0.5, 0.6) is 0 Å². The molecule has 0 nitrogen and oxygen atoms in total. The summed E-state index contributed by atoms with van der Waals surface area (Å²) in [5.41, 5.74) is 3.03. The van der Waals surface area contributed by atoms with Crippen molar-refractivity contribution in [2.24, 2.45) is 17.8 Å². The van der Waals surface area contributed by atoms with Gasteiger partial charge in [0.15, 0.2) is 0 Å². The largest absolute Gasteiger partial charge is 0.103 e. The molecule has 4 atom stereocenters. The lowest BCUT2D eigenvalue weighted by Gasteiger charge is -2.42. The minimum Gasteiger partial charge on any atom is -0.103 e. The SMILES string of the molecule is C=CCCc1ccc2cc([C@@H]3CC[C@@H]4CC(CCCCC)CCC4C3)ccc2c1. The van der Waals surface area contributed by atoms with Gasteiger partial charge in [-0.2, -0.15) is 0 Å². The van der Waals surface area contributed by atoms with Crippen LogP contribution in [-0.2, 0) is 6.42 Å². The van der Waals surface area contributed by atoms with Crippen LogP contribution in [0.4, 0.5) is 0 Å². The Morgan fingerprint density at radius 3 is 2.55 bits per heavy atom. The fourth-order valence-electron chi connectivity index (χ4n) is 6.23. The van der Waals surface area contributed by atoms with Crippen LogP contribution >= 0.6 is 0 Å². The van der Waals surface area contributed by atoms with Crippen LogP contribution in [0.15, 0.2) is 49.1 Å². The first-order valence-corrected chi connectivity index (χ1v) is 12.4. The van der Waals surface area contributed by atoms with Crippen LogP contribution in [0.2, 0.25) is 0 Å². The van der Waals surface area contributed by atoms with Crippen molar-refractivity contribution < 1.29 is 0 Å². The summed E-state index contributed by atoms with van der Waals surface area (Å²) in [6.07, 6.45) is 18.8. The maximum atomic E-state index is 3.85. The van der Waals surface area contributed by atoms with Crippen molar-refractivity contribution in [3.05, 3.63) is 60.2 Å². The molecule has 2 aromatic carbocycles. The number of allylic oxidation sites excluding steroid dienone is 1. The number of rotatable bonds is 8. The van der Waals surface area contributed by atoms with E-state index in [9.17, 15) is 0 Å². The van der Waals surface area contributed by atoms with E-state index in [1.807, 2.05) is 6.08 Å². The lowest BCUT2D eigenvalue weighted by molar-refractivity contribution is 0.113. The van der Waals surface area contributed by atoms with Crippen molar-refractivity contribution in [3.8, 4) is 0 Å². The molecule has 2 unspecified atom stereocenters. The lowest BCUT2D eigenvalue weighted by atomic mass is 9.63. The van der Waals surface area contributed by atoms with Gasteiger partial charge in [0.25, 0.3) is 0 Å². The smallest absolute Gasteiger partial charge is 0.0159 e. The van der Waals surface area contributed by atoms with Crippen LogP contribution in [-0.4, -0.2) is 0 Å². The Kier molecular flexibility index (Phi) is 7.11. The summed E-state index contributed by atoms with van der Waals surface area (Å²) in [6, 6.07) is 14.3. The molecule has 0 radical (unpaired) electrons. The predicted octanol–water partition coefficient (Wildman–Crippen LogP) is 8.84. The summed E-state index contributed by atoms with van der Waals surface area (Å²) in [4.78, 5) is 0. The van der Waals surface area contributed by atoms with Gasteiger partial charge in [-0.3, -0.25) is 0 Å². The quantitative estimate of drug-likeness (QED) is 0.313. The molecule has 0 aliphatic heterocycles. The van der Waals surface area contributed by atoms with Crippen molar-refractivity contribution in [2.45, 2.75) is 89.9 Å². The Balaban J connectivity index is 1.37. The summed E-state index contributed by atoms with van der Waals surface area (Å²) < 4.78 is 0. The summed E-state index contributed by atoms with van der Waals surface area (Å²) in [5, 5.41) is 2.82. The third kappa shape index (κ3) is 5.14. The zero-order valence-corrected chi connectivity index (χ0v) is 18.5. The van der Waals surface area contributed by atoms with Crippen molar-refractivity contribution in [3.63, 3.8) is 0 Å². The standard InChI is InChI=1S/C29H40/c1-3-5-7-9-23-11-13-27-21-29(17-15-25(27)19-23)28-16-14-24-18-22(8-6-4-2)10-12-26(24)20-28/h4,10,12,14,16,18,20,23,25,27,29H,2-3,5-9,11,13,15,17,19,21H2,1H3/t23?,25-,27?,29-/m1/s1. The topological polar surface area (TPSA) is 0 Å². The molecule has 2 aliphatic rings. The molecule has 2 fully saturated rings. The Morgan fingerprint density at radius 1 is 0.897 bits per heavy atom. The fourth-order valence-corrected chi connectivity index (χ4v) is 6.23. The van der Waals surface area contributed by atoms with Gasteiger partial charge in [-0.15, -0.1) is 6.58 Å². The average molecular weight is 389 g/mol. The Morgan fingerprint density at radius 2 is 1.69 bits per heavy atom. The van der Waals surface area contributed by atoms with E-state index in [0.29, 0.717) is 0 Å². The highest BCUT2D eigenvalue weighted by Crippen LogP contribution is 2.48. The molecular weight excluding hydrogens is 348 g/mol. The number of hydrogen-bond acceptors (Lipinski definition) is 0. The summed E-state index contributed by atoms with van der Waals surface area (Å²) in [6.45, 7) is 6.18. The Hall–Kier alpha value is -1.56. The number of hydrogen-bond donors (Lipinski definition) is 0. The molecule has 0 saturated heterocycles. The highest BCUT2D eigenvalue weighted by Gasteiger charge is 2.35. The van der Waals surface area contributed by atoms with Crippen molar-refractivity contribution in [2.75, 3.05) is 0 Å². The minimum atomic E-state index is 0.790. The monoisotopic (exact) mass is 388 g/mol. The van der Waals surface area contributed by atoms with Gasteiger partial charge in [-0.1, -0.05) is 81.5 Å². The number of aryl methyl sites for hydroxylation is 1. The second-order valence-corrected chi connectivity index (χ2v) is 9.97. The van der Waals surface area contributed by atoms with Gasteiger partial charge in [0, 0.05) is 0 Å².